The third kappa shape index (κ3) is 5.10. The van der Waals surface area contributed by atoms with Crippen molar-refractivity contribution in [2.75, 3.05) is 4.90 Å². The minimum Gasteiger partial charge on any atom is -0.457 e. The van der Waals surface area contributed by atoms with Gasteiger partial charge in [0.15, 0.2) is 0 Å². The van der Waals surface area contributed by atoms with Gasteiger partial charge in [-0.2, -0.15) is 0 Å². The first-order valence-corrected chi connectivity index (χ1v) is 23.1. The van der Waals surface area contributed by atoms with Gasteiger partial charge >= 0.3 is 0 Å². The Morgan fingerprint density at radius 3 is 1.89 bits per heavy atom. The molecular weight excluding hydrogens is 803 g/mol. The highest BCUT2D eigenvalue weighted by Gasteiger charge is 2.52. The lowest BCUT2D eigenvalue weighted by Gasteiger charge is -2.47. The molecule has 66 heavy (non-hydrogen) atoms. The quantitative estimate of drug-likeness (QED) is 0.172. The van der Waals surface area contributed by atoms with Crippen LogP contribution in [-0.2, 0) is 5.41 Å². The van der Waals surface area contributed by atoms with E-state index in [1.54, 1.807) is 0 Å². The topological polar surface area (TPSA) is 22.3 Å². The largest absolute Gasteiger partial charge is 0.457 e. The van der Waals surface area contributed by atoms with E-state index in [1.165, 1.54) is 76.8 Å². The van der Waals surface area contributed by atoms with E-state index in [1.807, 2.05) is 0 Å². The van der Waals surface area contributed by atoms with Gasteiger partial charge in [-0.05, 0) is 101 Å². The molecule has 3 aliphatic rings. The van der Waals surface area contributed by atoms with Crippen LogP contribution >= 0.6 is 0 Å². The van der Waals surface area contributed by atoms with E-state index in [4.69, 9.17) is 4.74 Å². The molecule has 2 aromatic heterocycles. The Morgan fingerprint density at radius 1 is 0.470 bits per heavy atom. The molecule has 0 amide bonds. The minimum atomic E-state index is -0.584. The number of rotatable bonds is 5. The molecule has 11 aromatic rings. The smallest absolute Gasteiger partial charge is 0.134 e. The van der Waals surface area contributed by atoms with E-state index in [2.05, 4.69) is 245 Å². The molecular formula is C62H43N3O. The normalized spacial score (nSPS) is 16.6. The molecule has 4 heterocycles. The van der Waals surface area contributed by atoms with E-state index < -0.39 is 5.41 Å². The Hall–Kier alpha value is -8.34. The molecule has 312 valence electrons. The predicted molar refractivity (Wildman–Crippen MR) is 271 cm³/mol. The fraction of sp³-hybridized carbons (Fsp3) is 0.0645. The van der Waals surface area contributed by atoms with Crippen LogP contribution in [0.25, 0.3) is 66.9 Å². The zero-order valence-electron chi connectivity index (χ0n) is 36.4. The second kappa shape index (κ2) is 14.1. The zero-order valence-corrected chi connectivity index (χ0v) is 36.4. The van der Waals surface area contributed by atoms with Crippen LogP contribution in [0.3, 0.4) is 0 Å². The first-order valence-electron chi connectivity index (χ1n) is 23.1. The summed E-state index contributed by atoms with van der Waals surface area (Å²) < 4.78 is 12.1. The van der Waals surface area contributed by atoms with Crippen LogP contribution in [0.4, 0.5) is 17.1 Å². The number of hydrogen-bond acceptors (Lipinski definition) is 2. The van der Waals surface area contributed by atoms with Crippen molar-refractivity contribution in [1.82, 2.24) is 9.13 Å². The molecule has 0 saturated carbocycles. The molecule has 2 unspecified atom stereocenters. The van der Waals surface area contributed by atoms with Crippen LogP contribution in [0, 0.1) is 5.92 Å². The highest BCUT2D eigenvalue weighted by atomic mass is 16.5. The maximum absolute atomic E-state index is 7.18. The summed E-state index contributed by atoms with van der Waals surface area (Å²) in [6.45, 7) is 2.42. The van der Waals surface area contributed by atoms with Crippen molar-refractivity contribution in [2.24, 2.45) is 5.92 Å². The maximum Gasteiger partial charge on any atom is 0.134 e. The van der Waals surface area contributed by atoms with Crippen LogP contribution < -0.4 is 20.2 Å². The number of fused-ring (bicyclic) bond motifs is 14. The molecule has 0 saturated heterocycles. The first-order chi connectivity index (χ1) is 32.7. The predicted octanol–water partition coefficient (Wildman–Crippen LogP) is 14.3. The van der Waals surface area contributed by atoms with E-state index >= 15 is 0 Å². The molecule has 1 aliphatic carbocycles. The second-order valence-corrected chi connectivity index (χ2v) is 18.1. The van der Waals surface area contributed by atoms with Crippen molar-refractivity contribution >= 4 is 61.4 Å². The number of aromatic nitrogens is 2. The lowest BCUT2D eigenvalue weighted by molar-refractivity contribution is 0.433. The van der Waals surface area contributed by atoms with Gasteiger partial charge in [-0.25, -0.2) is 0 Å². The van der Waals surface area contributed by atoms with Crippen molar-refractivity contribution in [3.63, 3.8) is 0 Å². The minimum absolute atomic E-state index is 0.279. The van der Waals surface area contributed by atoms with E-state index in [9.17, 15) is 0 Å². The van der Waals surface area contributed by atoms with Crippen molar-refractivity contribution in [1.29, 1.82) is 0 Å². The molecule has 9 aromatic carbocycles. The number of anilines is 3. The molecule has 4 nitrogen and oxygen atoms in total. The summed E-state index contributed by atoms with van der Waals surface area (Å²) in [6.07, 6.45) is 3.45. The molecule has 0 bridgehead atoms. The molecule has 0 fully saturated rings. The number of ether oxygens (including phenoxy) is 1. The Kier molecular flexibility index (Phi) is 7.91. The van der Waals surface area contributed by atoms with Gasteiger partial charge in [0.25, 0.3) is 0 Å². The first kappa shape index (κ1) is 37.1. The van der Waals surface area contributed by atoms with Gasteiger partial charge in [0.1, 0.15) is 11.5 Å². The van der Waals surface area contributed by atoms with Crippen LogP contribution in [0.5, 0.6) is 11.5 Å². The lowest BCUT2D eigenvalue weighted by atomic mass is 9.58. The number of nitrogens with zero attached hydrogens (tertiary/aromatic N) is 3. The highest BCUT2D eigenvalue weighted by molar-refractivity contribution is 6.10. The fourth-order valence-corrected chi connectivity index (χ4v) is 11.9. The Labute approximate surface area is 382 Å². The average Bonchev–Trinajstić information content (AvgIpc) is 3.89. The van der Waals surface area contributed by atoms with Crippen LogP contribution in [0.2, 0.25) is 0 Å². The van der Waals surface area contributed by atoms with Gasteiger partial charge < -0.3 is 18.8 Å². The van der Waals surface area contributed by atoms with E-state index in [0.29, 0.717) is 0 Å². The summed E-state index contributed by atoms with van der Waals surface area (Å²) >= 11 is 0. The standard InChI is InChI=1S/C62H43N3O/c1-40-28-35-50-48-21-9-13-25-55(48)65-56-26-14-10-22-51(56)62(60(40)61(50)65)52-23-11-15-27-58(52)66-59-39-46(34-37-53(59)62)63(43-18-6-3-7-19-43)45-33-36-49-47-20-8-12-24-54(47)64(57(49)38-45)44-31-29-42(30-32-44)41-16-4-2-5-17-41/h2-27,29-40H,28H2,1H3. The van der Waals surface area contributed by atoms with E-state index in [0.717, 1.165) is 46.2 Å². The van der Waals surface area contributed by atoms with Gasteiger partial charge in [-0.15, -0.1) is 0 Å². The van der Waals surface area contributed by atoms with Gasteiger partial charge in [-0.1, -0.05) is 159 Å². The van der Waals surface area contributed by atoms with Crippen LogP contribution in [0.15, 0.2) is 218 Å². The van der Waals surface area contributed by atoms with Crippen molar-refractivity contribution in [3.05, 3.63) is 246 Å². The summed E-state index contributed by atoms with van der Waals surface area (Å²) in [5.74, 6) is 2.05. The zero-order chi connectivity index (χ0) is 43.5. The highest BCUT2D eigenvalue weighted by Crippen LogP contribution is 2.60. The number of hydrogen-bond donors (Lipinski definition) is 0. The third-order valence-electron chi connectivity index (χ3n) is 14.6. The fourth-order valence-electron chi connectivity index (χ4n) is 11.9. The van der Waals surface area contributed by atoms with Crippen LogP contribution in [-0.4, -0.2) is 9.13 Å². The summed E-state index contributed by atoms with van der Waals surface area (Å²) in [5.41, 5.74) is 16.0. The molecule has 2 atom stereocenters. The number of para-hydroxylation sites is 5. The molecule has 4 heteroatoms. The number of benzene rings is 9. The summed E-state index contributed by atoms with van der Waals surface area (Å²) in [7, 11) is 0. The molecule has 14 rings (SSSR count). The Bertz CT molecular complexity index is 3900. The van der Waals surface area contributed by atoms with Gasteiger partial charge in [0.2, 0.25) is 0 Å². The molecule has 0 N–H and O–H groups in total. The molecule has 2 aliphatic heterocycles. The summed E-state index contributed by atoms with van der Waals surface area (Å²) in [6, 6.07) is 79.8. The summed E-state index contributed by atoms with van der Waals surface area (Å²) in [5, 5.41) is 6.41. The lowest BCUT2D eigenvalue weighted by Crippen LogP contribution is -2.49. The Balaban J connectivity index is 0.999. The second-order valence-electron chi connectivity index (χ2n) is 18.1. The van der Waals surface area contributed by atoms with Gasteiger partial charge in [0.05, 0.1) is 33.0 Å². The average molecular weight is 846 g/mol. The van der Waals surface area contributed by atoms with Crippen molar-refractivity contribution < 1.29 is 4.74 Å². The third-order valence-corrected chi connectivity index (χ3v) is 14.6. The Morgan fingerprint density at radius 2 is 1.08 bits per heavy atom. The van der Waals surface area contributed by atoms with Crippen molar-refractivity contribution in [2.45, 2.75) is 18.8 Å². The SMILES string of the molecule is CC1CC=c2c3n(c4ccccc24)-c2ccccc2C2(C=31)c1ccccc1Oc1cc(N(c3ccccc3)c3ccc4c5ccccc5n(-c5ccc(-c6ccccc6)cc5)c4c3)ccc12. The monoisotopic (exact) mass is 845 g/mol. The maximum atomic E-state index is 7.18. The summed E-state index contributed by atoms with van der Waals surface area (Å²) in [4.78, 5) is 2.38. The van der Waals surface area contributed by atoms with Crippen LogP contribution in [0.1, 0.15) is 30.0 Å². The van der Waals surface area contributed by atoms with Crippen molar-refractivity contribution in [3.8, 4) is 34.0 Å². The molecule has 0 radical (unpaired) electrons. The molecule has 1 spiro atoms. The van der Waals surface area contributed by atoms with Gasteiger partial charge in [0, 0.05) is 61.3 Å². The van der Waals surface area contributed by atoms with Gasteiger partial charge in [-0.3, -0.25) is 0 Å². The van der Waals surface area contributed by atoms with E-state index in [-0.39, 0.29) is 5.92 Å².